The fraction of sp³-hybridized carbons (Fsp3) is 0.139. The molecule has 0 bridgehead atoms. The Hall–Kier alpha value is -4.27. The van der Waals surface area contributed by atoms with Crippen LogP contribution in [0.1, 0.15) is 57.5 Å². The summed E-state index contributed by atoms with van der Waals surface area (Å²) in [6.45, 7) is 2.13. The lowest BCUT2D eigenvalue weighted by molar-refractivity contribution is 0.310. The Bertz CT molecular complexity index is 1660. The highest BCUT2D eigenvalue weighted by molar-refractivity contribution is 5.82. The maximum atomic E-state index is 5.37. The first-order chi connectivity index (χ1) is 18.8. The minimum Gasteiger partial charge on any atom is -0.282 e. The molecule has 0 amide bonds. The Balaban J connectivity index is 1.31. The van der Waals surface area contributed by atoms with Crippen molar-refractivity contribution in [3.8, 4) is 22.3 Å². The molecule has 0 saturated carbocycles. The Morgan fingerprint density at radius 3 is 1.45 bits per heavy atom. The largest absolute Gasteiger partial charge is 0.282 e. The second-order valence-corrected chi connectivity index (χ2v) is 10.8. The molecule has 3 aliphatic rings. The van der Waals surface area contributed by atoms with Crippen molar-refractivity contribution in [2.75, 3.05) is 0 Å². The summed E-state index contributed by atoms with van der Waals surface area (Å²) in [4.78, 5) is 8.10. The molecule has 1 unspecified atom stereocenters. The van der Waals surface area contributed by atoms with Crippen LogP contribution in [0.4, 0.5) is 0 Å². The average Bonchev–Trinajstić information content (AvgIpc) is 3.72. The first kappa shape index (κ1) is 21.8. The van der Waals surface area contributed by atoms with Crippen LogP contribution in [0.15, 0.2) is 126 Å². The molecule has 1 fully saturated rings. The first-order valence-corrected chi connectivity index (χ1v) is 13.5. The van der Waals surface area contributed by atoms with Crippen molar-refractivity contribution in [2.24, 2.45) is 4.99 Å². The van der Waals surface area contributed by atoms with Crippen molar-refractivity contribution in [3.63, 3.8) is 0 Å². The summed E-state index contributed by atoms with van der Waals surface area (Å²) in [5.74, 6) is 0. The van der Waals surface area contributed by atoms with E-state index in [1.807, 2.05) is 0 Å². The van der Waals surface area contributed by atoms with Gasteiger partial charge in [0.15, 0.2) is 0 Å². The second-order valence-electron chi connectivity index (χ2n) is 10.8. The van der Waals surface area contributed by atoms with E-state index in [1.165, 1.54) is 50.1 Å². The number of hydrogen-bond donors (Lipinski definition) is 0. The number of aryl methyl sites for hydroxylation is 1. The third-order valence-electron chi connectivity index (χ3n) is 8.63. The fourth-order valence-electron chi connectivity index (χ4n) is 6.90. The highest BCUT2D eigenvalue weighted by atomic mass is 15.4. The smallest absolute Gasteiger partial charge is 0.0952 e. The number of fused-ring (bicyclic) bond motifs is 9. The SMILES string of the molecule is Cc1ccc(C=N[C@H]2c3ccccc3-c3ccccc3[C@@H]2N2[C@@H]3c4ccccc4-c4ccccc4[C@@H]32)cc1. The molecule has 2 heteroatoms. The topological polar surface area (TPSA) is 15.4 Å². The summed E-state index contributed by atoms with van der Waals surface area (Å²) in [5, 5.41) is 0. The van der Waals surface area contributed by atoms with Crippen LogP contribution in [0, 0.1) is 6.92 Å². The van der Waals surface area contributed by atoms with Gasteiger partial charge in [0.2, 0.25) is 0 Å². The van der Waals surface area contributed by atoms with E-state index >= 15 is 0 Å². The molecule has 1 aliphatic heterocycles. The van der Waals surface area contributed by atoms with E-state index < -0.39 is 0 Å². The maximum absolute atomic E-state index is 5.37. The number of benzene rings is 5. The molecule has 5 atom stereocenters. The van der Waals surface area contributed by atoms with E-state index in [9.17, 15) is 0 Å². The molecule has 0 N–H and O–H groups in total. The van der Waals surface area contributed by atoms with Crippen LogP contribution in [-0.4, -0.2) is 11.1 Å². The Kier molecular flexibility index (Phi) is 4.80. The highest BCUT2D eigenvalue weighted by Crippen LogP contribution is 2.68. The van der Waals surface area contributed by atoms with Crippen LogP contribution in [0.25, 0.3) is 22.3 Å². The van der Waals surface area contributed by atoms with Crippen LogP contribution >= 0.6 is 0 Å². The molecule has 0 radical (unpaired) electrons. The number of nitrogens with zero attached hydrogens (tertiary/aromatic N) is 2. The molecule has 5 aromatic carbocycles. The van der Waals surface area contributed by atoms with Gasteiger partial charge in [0, 0.05) is 6.21 Å². The van der Waals surface area contributed by atoms with Gasteiger partial charge in [0.25, 0.3) is 0 Å². The van der Waals surface area contributed by atoms with Gasteiger partial charge >= 0.3 is 0 Å². The minimum absolute atomic E-state index is 0.00678. The number of hydrogen-bond acceptors (Lipinski definition) is 2. The predicted molar refractivity (Wildman–Crippen MR) is 155 cm³/mol. The van der Waals surface area contributed by atoms with Crippen molar-refractivity contribution < 1.29 is 0 Å². The molecular formula is C36H28N2. The summed E-state index contributed by atoms with van der Waals surface area (Å²) in [7, 11) is 0. The summed E-state index contributed by atoms with van der Waals surface area (Å²) in [6.07, 6.45) is 2.08. The first-order valence-electron chi connectivity index (χ1n) is 13.5. The second kappa shape index (κ2) is 8.37. The van der Waals surface area contributed by atoms with Crippen molar-refractivity contribution in [3.05, 3.63) is 155 Å². The molecular weight excluding hydrogens is 460 g/mol. The summed E-state index contributed by atoms with van der Waals surface area (Å²) >= 11 is 0. The minimum atomic E-state index is 0.00678. The van der Waals surface area contributed by atoms with E-state index in [0.29, 0.717) is 12.1 Å². The monoisotopic (exact) mass is 488 g/mol. The summed E-state index contributed by atoms with van der Waals surface area (Å²) in [6, 6.07) is 45.3. The molecule has 38 heavy (non-hydrogen) atoms. The lowest BCUT2D eigenvalue weighted by atomic mass is 9.79. The molecule has 2 nitrogen and oxygen atoms in total. The lowest BCUT2D eigenvalue weighted by Crippen LogP contribution is -2.23. The Morgan fingerprint density at radius 2 is 0.921 bits per heavy atom. The van der Waals surface area contributed by atoms with E-state index in [4.69, 9.17) is 4.99 Å². The van der Waals surface area contributed by atoms with Gasteiger partial charge in [-0.25, -0.2) is 0 Å². The predicted octanol–water partition coefficient (Wildman–Crippen LogP) is 8.66. The molecule has 8 rings (SSSR count). The van der Waals surface area contributed by atoms with Crippen LogP contribution in [0.5, 0.6) is 0 Å². The zero-order valence-corrected chi connectivity index (χ0v) is 21.3. The zero-order chi connectivity index (χ0) is 25.2. The van der Waals surface area contributed by atoms with Crippen LogP contribution in [0.2, 0.25) is 0 Å². The zero-order valence-electron chi connectivity index (χ0n) is 21.3. The summed E-state index contributed by atoms with van der Waals surface area (Å²) < 4.78 is 0. The van der Waals surface area contributed by atoms with Crippen molar-refractivity contribution in [1.82, 2.24) is 4.90 Å². The van der Waals surface area contributed by atoms with Gasteiger partial charge in [0.1, 0.15) is 0 Å². The molecule has 2 aliphatic carbocycles. The maximum Gasteiger partial charge on any atom is 0.0952 e. The van der Waals surface area contributed by atoms with E-state index in [2.05, 4.69) is 139 Å². The van der Waals surface area contributed by atoms with Gasteiger partial charge in [-0.1, -0.05) is 127 Å². The van der Waals surface area contributed by atoms with E-state index in [1.54, 1.807) is 0 Å². The van der Waals surface area contributed by atoms with Crippen molar-refractivity contribution in [2.45, 2.75) is 31.1 Å². The molecule has 0 aromatic heterocycles. The molecule has 1 heterocycles. The molecule has 0 spiro atoms. The summed E-state index contributed by atoms with van der Waals surface area (Å²) in [5.41, 5.74) is 13.4. The van der Waals surface area contributed by atoms with E-state index in [0.717, 1.165) is 5.56 Å². The van der Waals surface area contributed by atoms with E-state index in [-0.39, 0.29) is 12.1 Å². The molecule has 5 aromatic rings. The van der Waals surface area contributed by atoms with Gasteiger partial charge in [-0.05, 0) is 57.0 Å². The van der Waals surface area contributed by atoms with Gasteiger partial charge in [-0.15, -0.1) is 0 Å². The van der Waals surface area contributed by atoms with Crippen LogP contribution in [0.3, 0.4) is 0 Å². The lowest BCUT2D eigenvalue weighted by Gasteiger charge is -2.35. The number of aliphatic imine (C=N–C) groups is 1. The van der Waals surface area contributed by atoms with Crippen LogP contribution < -0.4 is 0 Å². The normalized spacial score (nSPS) is 24.1. The standard InChI is InChI=1S/C36H28N2/c1-23-18-20-24(21-19-23)22-37-33-29-14-6-2-10-25(29)26-11-3-7-15-30(26)34(33)38-35-31-16-8-4-12-27(31)28-13-5-9-17-32(28)36(35)38/h2-22,33-36H,1H3/t33-,34-,35-,36+,38?/m0/s1. The van der Waals surface area contributed by atoms with Gasteiger partial charge in [0.05, 0.1) is 24.2 Å². The highest BCUT2D eigenvalue weighted by Gasteiger charge is 2.59. The third kappa shape index (κ3) is 3.20. The fourth-order valence-corrected chi connectivity index (χ4v) is 6.90. The van der Waals surface area contributed by atoms with Gasteiger partial charge in [-0.3, -0.25) is 9.89 Å². The average molecular weight is 489 g/mol. The Morgan fingerprint density at radius 1 is 0.500 bits per heavy atom. The third-order valence-corrected chi connectivity index (χ3v) is 8.63. The van der Waals surface area contributed by atoms with Crippen molar-refractivity contribution in [1.29, 1.82) is 0 Å². The van der Waals surface area contributed by atoms with Gasteiger partial charge < -0.3 is 0 Å². The van der Waals surface area contributed by atoms with Gasteiger partial charge in [-0.2, -0.15) is 0 Å². The van der Waals surface area contributed by atoms with Crippen molar-refractivity contribution >= 4 is 6.21 Å². The van der Waals surface area contributed by atoms with Crippen LogP contribution in [-0.2, 0) is 0 Å². The molecule has 1 saturated heterocycles. The Labute approximate surface area is 223 Å². The number of rotatable bonds is 3. The quantitative estimate of drug-likeness (QED) is 0.183. The molecule has 182 valence electrons.